The summed E-state index contributed by atoms with van der Waals surface area (Å²) in [5, 5.41) is 10.5. The molecule has 0 radical (unpaired) electrons. The first-order valence-corrected chi connectivity index (χ1v) is 10.2. The topological polar surface area (TPSA) is 128 Å². The van der Waals surface area contributed by atoms with Crippen LogP contribution in [-0.2, 0) is 9.53 Å². The summed E-state index contributed by atoms with van der Waals surface area (Å²) in [5.74, 6) is 0.342. The molecule has 0 aliphatic heterocycles. The van der Waals surface area contributed by atoms with Crippen molar-refractivity contribution in [2.24, 2.45) is 0 Å². The van der Waals surface area contributed by atoms with Crippen LogP contribution in [-0.4, -0.2) is 54.9 Å². The third-order valence-corrected chi connectivity index (χ3v) is 4.66. The Bertz CT molecular complexity index is 1220. The Kier molecular flexibility index (Phi) is 6.52. The lowest BCUT2D eigenvalue weighted by molar-refractivity contribution is -0.126. The van der Waals surface area contributed by atoms with Gasteiger partial charge in [0.15, 0.2) is 17.3 Å². The Hall–Kier alpha value is -3.63. The SMILES string of the molecule is CC(C)OCC(Oc1nc(-c2ccccc2Cl)nc2[nH]ncc12)C(=O)Nc1cnccn1. The molecular formula is C21H20ClN7O3. The Morgan fingerprint density at radius 2 is 2.03 bits per heavy atom. The van der Waals surface area contributed by atoms with E-state index in [1.54, 1.807) is 12.1 Å². The number of carbonyl (C=O) groups excluding carboxylic acids is 1. The molecule has 164 valence electrons. The van der Waals surface area contributed by atoms with E-state index < -0.39 is 12.0 Å². The molecule has 0 saturated carbocycles. The monoisotopic (exact) mass is 453 g/mol. The van der Waals surface area contributed by atoms with Gasteiger partial charge in [-0.1, -0.05) is 23.7 Å². The van der Waals surface area contributed by atoms with E-state index in [4.69, 9.17) is 21.1 Å². The van der Waals surface area contributed by atoms with Crippen molar-refractivity contribution in [1.29, 1.82) is 0 Å². The van der Waals surface area contributed by atoms with Gasteiger partial charge in [-0.15, -0.1) is 0 Å². The number of fused-ring (bicyclic) bond motifs is 1. The predicted octanol–water partition coefficient (Wildman–Crippen LogP) is 3.27. The zero-order chi connectivity index (χ0) is 22.5. The number of nitrogens with one attached hydrogen (secondary N) is 2. The fraction of sp³-hybridized carbons (Fsp3) is 0.238. The highest BCUT2D eigenvalue weighted by molar-refractivity contribution is 6.33. The molecule has 2 N–H and O–H groups in total. The maximum absolute atomic E-state index is 12.9. The maximum atomic E-state index is 12.9. The summed E-state index contributed by atoms with van der Waals surface area (Å²) in [4.78, 5) is 29.9. The summed E-state index contributed by atoms with van der Waals surface area (Å²) in [6.07, 6.45) is 4.83. The van der Waals surface area contributed by atoms with E-state index in [1.807, 2.05) is 26.0 Å². The second-order valence-electron chi connectivity index (χ2n) is 7.03. The molecule has 3 aromatic heterocycles. The highest BCUT2D eigenvalue weighted by Crippen LogP contribution is 2.30. The van der Waals surface area contributed by atoms with Crippen LogP contribution in [0.1, 0.15) is 13.8 Å². The lowest BCUT2D eigenvalue weighted by Crippen LogP contribution is -2.38. The molecular weight excluding hydrogens is 434 g/mol. The molecule has 0 saturated heterocycles. The van der Waals surface area contributed by atoms with E-state index in [1.165, 1.54) is 24.8 Å². The molecule has 1 amide bonds. The van der Waals surface area contributed by atoms with Gasteiger partial charge in [0.2, 0.25) is 12.0 Å². The third kappa shape index (κ3) is 4.98. The lowest BCUT2D eigenvalue weighted by Gasteiger charge is -2.20. The van der Waals surface area contributed by atoms with Gasteiger partial charge in [-0.2, -0.15) is 10.1 Å². The lowest BCUT2D eigenvalue weighted by atomic mass is 10.2. The average molecular weight is 454 g/mol. The molecule has 1 unspecified atom stereocenters. The minimum Gasteiger partial charge on any atom is -0.461 e. The Morgan fingerprint density at radius 1 is 1.19 bits per heavy atom. The van der Waals surface area contributed by atoms with Crippen LogP contribution in [0.15, 0.2) is 49.1 Å². The minimum absolute atomic E-state index is 0.00542. The van der Waals surface area contributed by atoms with E-state index in [9.17, 15) is 4.79 Å². The number of aromatic amines is 1. The van der Waals surface area contributed by atoms with Crippen molar-refractivity contribution in [2.45, 2.75) is 26.1 Å². The number of halogens is 1. The van der Waals surface area contributed by atoms with Crippen LogP contribution >= 0.6 is 11.6 Å². The standard InChI is InChI=1S/C21H20ClN7O3/c1-12(2)31-11-16(20(30)26-17-10-23-7-8-24-17)32-21-14-9-25-29-19(14)27-18(28-21)13-5-3-4-6-15(13)22/h3-10,12,16H,11H2,1-2H3,(H,24,26,30)(H,25,27,28,29). The number of ether oxygens (including phenoxy) is 2. The van der Waals surface area contributed by atoms with Gasteiger partial charge >= 0.3 is 0 Å². The highest BCUT2D eigenvalue weighted by atomic mass is 35.5. The number of aromatic nitrogens is 6. The van der Waals surface area contributed by atoms with Crippen LogP contribution in [0.5, 0.6) is 5.88 Å². The molecule has 0 aliphatic carbocycles. The van der Waals surface area contributed by atoms with Gasteiger partial charge < -0.3 is 14.8 Å². The molecule has 3 heterocycles. The highest BCUT2D eigenvalue weighted by Gasteiger charge is 2.25. The smallest absolute Gasteiger partial charge is 0.269 e. The van der Waals surface area contributed by atoms with Crippen LogP contribution in [0.4, 0.5) is 5.82 Å². The molecule has 1 atom stereocenters. The summed E-state index contributed by atoms with van der Waals surface area (Å²) >= 11 is 6.32. The van der Waals surface area contributed by atoms with Crippen LogP contribution in [0.3, 0.4) is 0 Å². The van der Waals surface area contributed by atoms with Gasteiger partial charge in [-0.25, -0.2) is 9.97 Å². The molecule has 0 bridgehead atoms. The van der Waals surface area contributed by atoms with Gasteiger partial charge in [0.1, 0.15) is 5.39 Å². The van der Waals surface area contributed by atoms with Crippen molar-refractivity contribution in [3.63, 3.8) is 0 Å². The Labute approximate surface area is 188 Å². The summed E-state index contributed by atoms with van der Waals surface area (Å²) in [7, 11) is 0. The van der Waals surface area contributed by atoms with E-state index in [-0.39, 0.29) is 18.6 Å². The first-order valence-electron chi connectivity index (χ1n) is 9.82. The zero-order valence-corrected chi connectivity index (χ0v) is 18.1. The van der Waals surface area contributed by atoms with Crippen molar-refractivity contribution in [1.82, 2.24) is 30.1 Å². The van der Waals surface area contributed by atoms with Crippen LogP contribution in [0.25, 0.3) is 22.4 Å². The number of H-pyrrole nitrogens is 1. The molecule has 11 heteroatoms. The number of benzene rings is 1. The second kappa shape index (κ2) is 9.67. The average Bonchev–Trinajstić information content (AvgIpc) is 3.26. The number of hydrogen-bond acceptors (Lipinski definition) is 8. The van der Waals surface area contributed by atoms with Gasteiger partial charge in [-0.3, -0.25) is 14.9 Å². The van der Waals surface area contributed by atoms with Gasteiger partial charge in [0.05, 0.1) is 30.1 Å². The van der Waals surface area contributed by atoms with E-state index in [2.05, 4.69) is 35.5 Å². The molecule has 4 rings (SSSR count). The Balaban J connectivity index is 1.67. The molecule has 32 heavy (non-hydrogen) atoms. The minimum atomic E-state index is -1.02. The summed E-state index contributed by atoms with van der Waals surface area (Å²) < 4.78 is 11.7. The van der Waals surface area contributed by atoms with Crippen LogP contribution < -0.4 is 10.1 Å². The van der Waals surface area contributed by atoms with Crippen molar-refractivity contribution < 1.29 is 14.3 Å². The number of rotatable bonds is 8. The number of carbonyl (C=O) groups is 1. The number of anilines is 1. The molecule has 1 aromatic carbocycles. The zero-order valence-electron chi connectivity index (χ0n) is 17.3. The normalized spacial score (nSPS) is 12.1. The maximum Gasteiger partial charge on any atom is 0.269 e. The molecule has 0 fully saturated rings. The van der Waals surface area contributed by atoms with Gasteiger partial charge in [0.25, 0.3) is 5.91 Å². The van der Waals surface area contributed by atoms with Gasteiger partial charge in [-0.05, 0) is 26.0 Å². The van der Waals surface area contributed by atoms with Crippen LogP contribution in [0, 0.1) is 0 Å². The summed E-state index contributed by atoms with van der Waals surface area (Å²) in [6.45, 7) is 3.73. The number of hydrogen-bond donors (Lipinski definition) is 2. The fourth-order valence-corrected chi connectivity index (χ4v) is 3.03. The fourth-order valence-electron chi connectivity index (χ4n) is 2.81. The third-order valence-electron chi connectivity index (χ3n) is 4.33. The van der Waals surface area contributed by atoms with Crippen molar-refractivity contribution >= 4 is 34.4 Å². The number of amides is 1. The van der Waals surface area contributed by atoms with Gasteiger partial charge in [0, 0.05) is 18.0 Å². The van der Waals surface area contributed by atoms with Crippen LogP contribution in [0.2, 0.25) is 5.02 Å². The second-order valence-corrected chi connectivity index (χ2v) is 7.44. The first-order chi connectivity index (χ1) is 15.5. The predicted molar refractivity (Wildman–Crippen MR) is 118 cm³/mol. The van der Waals surface area contributed by atoms with Crippen molar-refractivity contribution in [2.75, 3.05) is 11.9 Å². The Morgan fingerprint density at radius 3 is 2.78 bits per heavy atom. The van der Waals surface area contributed by atoms with E-state index in [0.717, 1.165) is 0 Å². The van der Waals surface area contributed by atoms with Crippen molar-refractivity contribution in [3.8, 4) is 17.3 Å². The molecule has 10 nitrogen and oxygen atoms in total. The molecule has 0 spiro atoms. The largest absolute Gasteiger partial charge is 0.461 e. The van der Waals surface area contributed by atoms with Crippen molar-refractivity contribution in [3.05, 3.63) is 54.1 Å². The van der Waals surface area contributed by atoms with E-state index in [0.29, 0.717) is 33.3 Å². The molecule has 0 aliphatic rings. The molecule has 4 aromatic rings. The number of nitrogens with zero attached hydrogens (tertiary/aromatic N) is 5. The first kappa shape index (κ1) is 21.6. The summed E-state index contributed by atoms with van der Waals surface area (Å²) in [5.41, 5.74) is 1.07. The van der Waals surface area contributed by atoms with E-state index >= 15 is 0 Å². The quantitative estimate of drug-likeness (QED) is 0.416. The summed E-state index contributed by atoms with van der Waals surface area (Å²) in [6, 6.07) is 7.18.